The van der Waals surface area contributed by atoms with Crippen molar-refractivity contribution in [2.45, 2.75) is 32.7 Å². The Morgan fingerprint density at radius 2 is 2.12 bits per heavy atom. The molecular weight excluding hydrogens is 326 g/mol. The zero-order valence-electron chi connectivity index (χ0n) is 15.5. The van der Waals surface area contributed by atoms with Gasteiger partial charge < -0.3 is 15.5 Å². The topological polar surface area (TPSA) is 81.2 Å². The number of rotatable bonds is 7. The Morgan fingerprint density at radius 1 is 1.23 bits per heavy atom. The fourth-order valence-corrected chi connectivity index (χ4v) is 3.19. The van der Waals surface area contributed by atoms with Gasteiger partial charge in [0.15, 0.2) is 11.8 Å². The molecule has 26 heavy (non-hydrogen) atoms. The number of aliphatic imine (C=N–C) groups is 1. The number of nitrogens with one attached hydrogen (secondary N) is 3. The van der Waals surface area contributed by atoms with Crippen molar-refractivity contribution in [2.24, 2.45) is 4.99 Å². The fraction of sp³-hybridized carbons (Fsp3) is 0.526. The van der Waals surface area contributed by atoms with Crippen LogP contribution in [0.1, 0.15) is 31.7 Å². The Morgan fingerprint density at radius 3 is 2.88 bits per heavy atom. The highest BCUT2D eigenvalue weighted by molar-refractivity contribution is 5.79. The maximum absolute atomic E-state index is 4.72. The van der Waals surface area contributed by atoms with E-state index in [4.69, 9.17) is 4.99 Å². The first-order chi connectivity index (χ1) is 12.8. The number of aromatic amines is 1. The van der Waals surface area contributed by atoms with Crippen LogP contribution < -0.4 is 10.6 Å². The monoisotopic (exact) mass is 355 g/mol. The molecule has 140 valence electrons. The maximum Gasteiger partial charge on any atom is 0.191 e. The molecular formula is C19H29N7. The molecule has 2 heterocycles. The molecule has 0 spiro atoms. The van der Waals surface area contributed by atoms with Crippen molar-refractivity contribution in [3.05, 3.63) is 36.2 Å². The van der Waals surface area contributed by atoms with E-state index in [2.05, 4.69) is 49.8 Å². The van der Waals surface area contributed by atoms with Crippen molar-refractivity contribution >= 4 is 5.96 Å². The van der Waals surface area contributed by atoms with Gasteiger partial charge in [-0.15, -0.1) is 0 Å². The zero-order valence-corrected chi connectivity index (χ0v) is 15.5. The SMILES string of the molecule is CCNC(=NCc1cccc(-c2ncn[nH]2)c1)NCCN1CCCCC1. The van der Waals surface area contributed by atoms with E-state index in [0.29, 0.717) is 6.54 Å². The minimum atomic E-state index is 0.626. The summed E-state index contributed by atoms with van der Waals surface area (Å²) >= 11 is 0. The van der Waals surface area contributed by atoms with E-state index in [1.165, 1.54) is 38.7 Å². The number of guanidine groups is 1. The predicted octanol–water partition coefficient (Wildman–Crippen LogP) is 2.01. The number of hydrogen-bond donors (Lipinski definition) is 3. The molecule has 3 rings (SSSR count). The number of piperidine rings is 1. The van der Waals surface area contributed by atoms with Gasteiger partial charge in [-0.1, -0.05) is 24.6 Å². The van der Waals surface area contributed by atoms with E-state index in [1.54, 1.807) is 0 Å². The van der Waals surface area contributed by atoms with Gasteiger partial charge in [0.05, 0.1) is 6.54 Å². The Bertz CT molecular complexity index is 675. The zero-order chi connectivity index (χ0) is 18.0. The molecule has 0 saturated carbocycles. The molecule has 1 fully saturated rings. The predicted molar refractivity (Wildman–Crippen MR) is 105 cm³/mol. The highest BCUT2D eigenvalue weighted by Crippen LogP contribution is 2.15. The summed E-state index contributed by atoms with van der Waals surface area (Å²) in [5, 5.41) is 13.6. The van der Waals surface area contributed by atoms with Crippen molar-refractivity contribution in [1.29, 1.82) is 0 Å². The largest absolute Gasteiger partial charge is 0.357 e. The molecule has 3 N–H and O–H groups in total. The van der Waals surface area contributed by atoms with Crippen LogP contribution in [0.15, 0.2) is 35.6 Å². The first kappa shape index (κ1) is 18.4. The van der Waals surface area contributed by atoms with E-state index in [-0.39, 0.29) is 0 Å². The fourth-order valence-electron chi connectivity index (χ4n) is 3.19. The van der Waals surface area contributed by atoms with Crippen LogP contribution in [0.25, 0.3) is 11.4 Å². The third-order valence-electron chi connectivity index (χ3n) is 4.55. The molecule has 1 saturated heterocycles. The second kappa shape index (κ2) is 9.91. The summed E-state index contributed by atoms with van der Waals surface area (Å²) in [5.41, 5.74) is 2.17. The van der Waals surface area contributed by atoms with Gasteiger partial charge in [0, 0.05) is 25.2 Å². The molecule has 0 radical (unpaired) electrons. The van der Waals surface area contributed by atoms with Crippen molar-refractivity contribution in [2.75, 3.05) is 32.7 Å². The molecule has 1 aliphatic heterocycles. The lowest BCUT2D eigenvalue weighted by Crippen LogP contribution is -2.42. The summed E-state index contributed by atoms with van der Waals surface area (Å²) in [6.07, 6.45) is 5.56. The van der Waals surface area contributed by atoms with E-state index in [0.717, 1.165) is 42.5 Å². The molecule has 0 unspecified atom stereocenters. The molecule has 2 aromatic rings. The summed E-state index contributed by atoms with van der Waals surface area (Å²) in [4.78, 5) is 11.5. The first-order valence-corrected chi connectivity index (χ1v) is 9.54. The van der Waals surface area contributed by atoms with Crippen molar-refractivity contribution in [3.8, 4) is 11.4 Å². The number of likely N-dealkylation sites (tertiary alicyclic amines) is 1. The van der Waals surface area contributed by atoms with Crippen LogP contribution in [0.4, 0.5) is 0 Å². The van der Waals surface area contributed by atoms with Gasteiger partial charge in [0.1, 0.15) is 6.33 Å². The molecule has 0 atom stereocenters. The second-order valence-electron chi connectivity index (χ2n) is 6.56. The Kier molecular flexibility index (Phi) is 7.01. The lowest BCUT2D eigenvalue weighted by molar-refractivity contribution is 0.232. The van der Waals surface area contributed by atoms with Crippen LogP contribution in [0.3, 0.4) is 0 Å². The van der Waals surface area contributed by atoms with E-state index in [9.17, 15) is 0 Å². The summed E-state index contributed by atoms with van der Waals surface area (Å²) < 4.78 is 0. The lowest BCUT2D eigenvalue weighted by Gasteiger charge is -2.26. The van der Waals surface area contributed by atoms with Crippen LogP contribution >= 0.6 is 0 Å². The molecule has 7 nitrogen and oxygen atoms in total. The van der Waals surface area contributed by atoms with Gasteiger partial charge in [-0.2, -0.15) is 5.10 Å². The van der Waals surface area contributed by atoms with Gasteiger partial charge in [-0.3, -0.25) is 5.10 Å². The normalized spacial score (nSPS) is 15.8. The molecule has 1 aliphatic rings. The quantitative estimate of drug-likeness (QED) is 0.523. The minimum absolute atomic E-state index is 0.626. The summed E-state index contributed by atoms with van der Waals surface area (Å²) in [5.74, 6) is 1.65. The van der Waals surface area contributed by atoms with Crippen molar-refractivity contribution < 1.29 is 0 Å². The van der Waals surface area contributed by atoms with Crippen molar-refractivity contribution in [1.82, 2.24) is 30.7 Å². The number of aromatic nitrogens is 3. The minimum Gasteiger partial charge on any atom is -0.357 e. The van der Waals surface area contributed by atoms with Gasteiger partial charge in [0.2, 0.25) is 0 Å². The van der Waals surface area contributed by atoms with Crippen LogP contribution in [0, 0.1) is 0 Å². The van der Waals surface area contributed by atoms with Gasteiger partial charge in [-0.05, 0) is 44.5 Å². The third kappa shape index (κ3) is 5.56. The van der Waals surface area contributed by atoms with Crippen molar-refractivity contribution in [3.63, 3.8) is 0 Å². The standard InChI is InChI=1S/C19H29N7/c1-2-20-19(21-9-12-26-10-4-3-5-11-26)22-14-16-7-6-8-17(13-16)18-23-15-24-25-18/h6-8,13,15H,2-5,9-12,14H2,1H3,(H2,20,21,22)(H,23,24,25). The number of benzene rings is 1. The average molecular weight is 355 g/mol. The smallest absolute Gasteiger partial charge is 0.191 e. The van der Waals surface area contributed by atoms with Crippen LogP contribution in [0.2, 0.25) is 0 Å². The van der Waals surface area contributed by atoms with Crippen LogP contribution in [-0.4, -0.2) is 58.8 Å². The van der Waals surface area contributed by atoms with Crippen LogP contribution in [0.5, 0.6) is 0 Å². The highest BCUT2D eigenvalue weighted by atomic mass is 15.2. The maximum atomic E-state index is 4.72. The molecule has 0 aliphatic carbocycles. The summed E-state index contributed by atoms with van der Waals surface area (Å²) in [7, 11) is 0. The van der Waals surface area contributed by atoms with Gasteiger partial charge in [-0.25, -0.2) is 9.98 Å². The van der Waals surface area contributed by atoms with Gasteiger partial charge >= 0.3 is 0 Å². The summed E-state index contributed by atoms with van der Waals surface area (Å²) in [6.45, 7) is 8.02. The highest BCUT2D eigenvalue weighted by Gasteiger charge is 2.09. The van der Waals surface area contributed by atoms with E-state index in [1.807, 2.05) is 12.1 Å². The Labute approximate surface area is 155 Å². The second-order valence-corrected chi connectivity index (χ2v) is 6.56. The molecule has 1 aromatic heterocycles. The lowest BCUT2D eigenvalue weighted by atomic mass is 10.1. The summed E-state index contributed by atoms with van der Waals surface area (Å²) in [6, 6.07) is 8.23. The molecule has 7 heteroatoms. The number of nitrogens with zero attached hydrogens (tertiary/aromatic N) is 4. The molecule has 0 amide bonds. The third-order valence-corrected chi connectivity index (χ3v) is 4.55. The first-order valence-electron chi connectivity index (χ1n) is 9.54. The van der Waals surface area contributed by atoms with E-state index < -0.39 is 0 Å². The van der Waals surface area contributed by atoms with Crippen LogP contribution in [-0.2, 0) is 6.54 Å². The Hall–Kier alpha value is -2.41. The Balaban J connectivity index is 1.54. The van der Waals surface area contributed by atoms with Gasteiger partial charge in [0.25, 0.3) is 0 Å². The molecule has 0 bridgehead atoms. The molecule has 1 aromatic carbocycles. The average Bonchev–Trinajstić information content (AvgIpc) is 3.22. The number of H-pyrrole nitrogens is 1. The number of hydrogen-bond acceptors (Lipinski definition) is 4. The van der Waals surface area contributed by atoms with E-state index >= 15 is 0 Å².